The molecule has 0 bridgehead atoms. The van der Waals surface area contributed by atoms with E-state index in [1.807, 2.05) is 48.5 Å². The summed E-state index contributed by atoms with van der Waals surface area (Å²) >= 11 is 0. The number of methoxy groups -OCH3 is 1. The van der Waals surface area contributed by atoms with Crippen LogP contribution in [0.4, 0.5) is 5.69 Å². The average molecular weight is 298 g/mol. The van der Waals surface area contributed by atoms with Crippen LogP contribution in [0.1, 0.15) is 17.5 Å². The lowest BCUT2D eigenvalue weighted by molar-refractivity contribution is -0.121. The molecule has 0 heterocycles. The molecule has 22 heavy (non-hydrogen) atoms. The summed E-state index contributed by atoms with van der Waals surface area (Å²) in [5.41, 5.74) is 8.62. The van der Waals surface area contributed by atoms with Gasteiger partial charge in [-0.15, -0.1) is 0 Å². The monoisotopic (exact) mass is 298 g/mol. The van der Waals surface area contributed by atoms with Crippen LogP contribution < -0.4 is 15.8 Å². The summed E-state index contributed by atoms with van der Waals surface area (Å²) in [6.07, 6.45) is 1.94. The highest BCUT2D eigenvalue weighted by Gasteiger charge is 2.05. The van der Waals surface area contributed by atoms with Crippen LogP contribution in [0.2, 0.25) is 0 Å². The highest BCUT2D eigenvalue weighted by atomic mass is 16.5. The molecule has 0 unspecified atom stereocenters. The van der Waals surface area contributed by atoms with Crippen LogP contribution in [-0.2, 0) is 17.6 Å². The highest BCUT2D eigenvalue weighted by molar-refractivity contribution is 5.76. The minimum absolute atomic E-state index is 0.0568. The zero-order valence-electron chi connectivity index (χ0n) is 12.8. The molecule has 3 N–H and O–H groups in total. The molecule has 4 nitrogen and oxygen atoms in total. The topological polar surface area (TPSA) is 64.3 Å². The number of carbonyl (C=O) groups excluding carboxylic acids is 1. The lowest BCUT2D eigenvalue weighted by Gasteiger charge is -2.08. The van der Waals surface area contributed by atoms with Crippen molar-refractivity contribution in [3.8, 4) is 5.75 Å². The van der Waals surface area contributed by atoms with E-state index in [4.69, 9.17) is 10.5 Å². The van der Waals surface area contributed by atoms with E-state index >= 15 is 0 Å². The molecule has 2 aromatic rings. The van der Waals surface area contributed by atoms with E-state index in [-0.39, 0.29) is 5.91 Å². The Morgan fingerprint density at radius 2 is 1.82 bits per heavy atom. The Balaban J connectivity index is 1.73. The smallest absolute Gasteiger partial charge is 0.220 e. The Bertz CT molecular complexity index is 609. The van der Waals surface area contributed by atoms with Crippen molar-refractivity contribution in [3.63, 3.8) is 0 Å². The van der Waals surface area contributed by atoms with Crippen molar-refractivity contribution in [2.45, 2.75) is 19.3 Å². The molecule has 0 fully saturated rings. The van der Waals surface area contributed by atoms with Gasteiger partial charge in [-0.25, -0.2) is 0 Å². The fourth-order valence-corrected chi connectivity index (χ4v) is 2.28. The maximum absolute atomic E-state index is 11.9. The normalized spacial score (nSPS) is 10.2. The predicted molar refractivity (Wildman–Crippen MR) is 88.9 cm³/mol. The van der Waals surface area contributed by atoms with Gasteiger partial charge in [-0.05, 0) is 42.2 Å². The van der Waals surface area contributed by atoms with Gasteiger partial charge in [-0.1, -0.05) is 30.3 Å². The summed E-state index contributed by atoms with van der Waals surface area (Å²) in [6.45, 7) is 0.634. The van der Waals surface area contributed by atoms with E-state index < -0.39 is 0 Å². The van der Waals surface area contributed by atoms with Crippen LogP contribution in [-0.4, -0.2) is 19.6 Å². The molecule has 2 aromatic carbocycles. The minimum atomic E-state index is 0.0568. The van der Waals surface area contributed by atoms with Gasteiger partial charge in [0.15, 0.2) is 0 Å². The number of benzene rings is 2. The molecule has 1 amide bonds. The average Bonchev–Trinajstić information content (AvgIpc) is 2.55. The van der Waals surface area contributed by atoms with Crippen LogP contribution in [0.3, 0.4) is 0 Å². The number of nitrogens with two attached hydrogens (primary N) is 1. The van der Waals surface area contributed by atoms with Gasteiger partial charge in [0.05, 0.1) is 7.11 Å². The van der Waals surface area contributed by atoms with E-state index in [0.29, 0.717) is 19.4 Å². The number of rotatable bonds is 7. The van der Waals surface area contributed by atoms with Crippen molar-refractivity contribution in [2.24, 2.45) is 0 Å². The third-order valence-electron chi connectivity index (χ3n) is 3.53. The Morgan fingerprint density at radius 3 is 2.55 bits per heavy atom. The Kier molecular flexibility index (Phi) is 5.83. The van der Waals surface area contributed by atoms with Crippen LogP contribution in [0.25, 0.3) is 0 Å². The number of amides is 1. The van der Waals surface area contributed by atoms with Gasteiger partial charge in [0.1, 0.15) is 5.75 Å². The number of carbonyl (C=O) groups is 1. The maximum atomic E-state index is 11.9. The van der Waals surface area contributed by atoms with Crippen molar-refractivity contribution < 1.29 is 9.53 Å². The third kappa shape index (κ3) is 4.81. The summed E-state index contributed by atoms with van der Waals surface area (Å²) in [4.78, 5) is 11.9. The van der Waals surface area contributed by atoms with Crippen LogP contribution in [0, 0.1) is 0 Å². The van der Waals surface area contributed by atoms with Gasteiger partial charge in [-0.2, -0.15) is 0 Å². The second-order valence-electron chi connectivity index (χ2n) is 5.15. The fourth-order valence-electron chi connectivity index (χ4n) is 2.28. The number of nitrogens with one attached hydrogen (secondary N) is 1. The molecular weight excluding hydrogens is 276 g/mol. The van der Waals surface area contributed by atoms with E-state index in [0.717, 1.165) is 23.4 Å². The summed E-state index contributed by atoms with van der Waals surface area (Å²) in [7, 11) is 1.64. The zero-order valence-corrected chi connectivity index (χ0v) is 12.8. The molecule has 116 valence electrons. The standard InChI is InChI=1S/C18H22N2O2/c1-22-17-5-3-2-4-15(17)8-11-18(21)20-13-12-14-6-9-16(19)10-7-14/h2-7,9-10H,8,11-13,19H2,1H3,(H,20,21). The second-order valence-corrected chi connectivity index (χ2v) is 5.15. The number of ether oxygens (including phenoxy) is 1. The Morgan fingerprint density at radius 1 is 1.09 bits per heavy atom. The van der Waals surface area contributed by atoms with Gasteiger partial charge in [0.2, 0.25) is 5.91 Å². The van der Waals surface area contributed by atoms with Crippen LogP contribution >= 0.6 is 0 Å². The molecule has 0 atom stereocenters. The molecule has 2 rings (SSSR count). The number of nitrogen functional groups attached to an aromatic ring is 1. The maximum Gasteiger partial charge on any atom is 0.220 e. The number of anilines is 1. The molecule has 0 aliphatic carbocycles. The Labute approximate surface area is 131 Å². The first-order valence-corrected chi connectivity index (χ1v) is 7.42. The number of hydrogen-bond acceptors (Lipinski definition) is 3. The van der Waals surface area contributed by atoms with Gasteiger partial charge in [0.25, 0.3) is 0 Å². The largest absolute Gasteiger partial charge is 0.496 e. The van der Waals surface area contributed by atoms with E-state index in [9.17, 15) is 4.79 Å². The minimum Gasteiger partial charge on any atom is -0.496 e. The van der Waals surface area contributed by atoms with Gasteiger partial charge < -0.3 is 15.8 Å². The summed E-state index contributed by atoms with van der Waals surface area (Å²) in [6, 6.07) is 15.5. The summed E-state index contributed by atoms with van der Waals surface area (Å²) < 4.78 is 5.28. The number of hydrogen-bond donors (Lipinski definition) is 2. The molecule has 0 saturated heterocycles. The summed E-state index contributed by atoms with van der Waals surface area (Å²) in [5.74, 6) is 0.888. The first-order chi connectivity index (χ1) is 10.7. The van der Waals surface area contributed by atoms with E-state index in [2.05, 4.69) is 5.32 Å². The molecule has 4 heteroatoms. The quantitative estimate of drug-likeness (QED) is 0.772. The van der Waals surface area contributed by atoms with Crippen LogP contribution in [0.5, 0.6) is 5.75 Å². The zero-order chi connectivity index (χ0) is 15.8. The number of para-hydroxylation sites is 1. The first kappa shape index (κ1) is 15.9. The van der Waals surface area contributed by atoms with E-state index in [1.54, 1.807) is 7.11 Å². The van der Waals surface area contributed by atoms with Gasteiger partial charge in [-0.3, -0.25) is 4.79 Å². The third-order valence-corrected chi connectivity index (χ3v) is 3.53. The molecule has 0 spiro atoms. The van der Waals surface area contributed by atoms with Gasteiger partial charge >= 0.3 is 0 Å². The molecule has 0 aliphatic rings. The van der Waals surface area contributed by atoms with Crippen molar-refractivity contribution in [3.05, 3.63) is 59.7 Å². The Hall–Kier alpha value is -2.49. The lowest BCUT2D eigenvalue weighted by Crippen LogP contribution is -2.25. The van der Waals surface area contributed by atoms with Crippen molar-refractivity contribution in [1.82, 2.24) is 5.32 Å². The first-order valence-electron chi connectivity index (χ1n) is 7.42. The molecule has 0 aliphatic heterocycles. The van der Waals surface area contributed by atoms with Crippen molar-refractivity contribution in [1.29, 1.82) is 0 Å². The SMILES string of the molecule is COc1ccccc1CCC(=O)NCCc1ccc(N)cc1. The highest BCUT2D eigenvalue weighted by Crippen LogP contribution is 2.18. The van der Waals surface area contributed by atoms with Crippen molar-refractivity contribution in [2.75, 3.05) is 19.4 Å². The second kappa shape index (κ2) is 8.08. The molecular formula is C18H22N2O2. The molecule has 0 saturated carbocycles. The van der Waals surface area contributed by atoms with Crippen LogP contribution in [0.15, 0.2) is 48.5 Å². The fraction of sp³-hybridized carbons (Fsp3) is 0.278. The lowest BCUT2D eigenvalue weighted by atomic mass is 10.1. The number of aryl methyl sites for hydroxylation is 1. The van der Waals surface area contributed by atoms with Crippen molar-refractivity contribution >= 4 is 11.6 Å². The summed E-state index contributed by atoms with van der Waals surface area (Å²) in [5, 5.41) is 2.94. The molecule has 0 radical (unpaired) electrons. The van der Waals surface area contributed by atoms with Gasteiger partial charge in [0, 0.05) is 18.7 Å². The molecule has 0 aromatic heterocycles. The predicted octanol–water partition coefficient (Wildman–Crippen LogP) is 2.57. The van der Waals surface area contributed by atoms with E-state index in [1.165, 1.54) is 5.56 Å².